The SMILES string of the molecule is Cc1ccc(S(=O)(=O)C(CCCCCc2ccc(Cl)cc2)C(=O)O)cc1. The largest absolute Gasteiger partial charge is 0.480 e. The van der Waals surface area contributed by atoms with Gasteiger partial charge in [-0.25, -0.2) is 8.42 Å². The van der Waals surface area contributed by atoms with Crippen molar-refractivity contribution in [3.63, 3.8) is 0 Å². The predicted octanol–water partition coefficient (Wildman–Crippen LogP) is 4.68. The van der Waals surface area contributed by atoms with Gasteiger partial charge >= 0.3 is 5.97 Å². The summed E-state index contributed by atoms with van der Waals surface area (Å²) in [5, 5.41) is 8.69. The average Bonchev–Trinajstić information content (AvgIpc) is 2.59. The normalized spacial score (nSPS) is 12.7. The molecule has 0 radical (unpaired) electrons. The fourth-order valence-corrected chi connectivity index (χ4v) is 4.50. The second kappa shape index (κ2) is 9.19. The van der Waals surface area contributed by atoms with Crippen LogP contribution in [-0.4, -0.2) is 24.7 Å². The van der Waals surface area contributed by atoms with E-state index in [2.05, 4.69) is 0 Å². The molecule has 1 atom stereocenters. The standard InChI is InChI=1S/C20H23ClO4S/c1-15-7-13-18(14-8-15)26(24,25)19(20(22)23)6-4-2-3-5-16-9-11-17(21)12-10-16/h7-14,19H,2-6H2,1H3,(H,22,23). The van der Waals surface area contributed by atoms with Gasteiger partial charge in [-0.15, -0.1) is 0 Å². The van der Waals surface area contributed by atoms with Crippen LogP contribution < -0.4 is 0 Å². The first-order valence-corrected chi connectivity index (χ1v) is 10.5. The van der Waals surface area contributed by atoms with Crippen molar-refractivity contribution in [1.82, 2.24) is 0 Å². The van der Waals surface area contributed by atoms with Gasteiger partial charge in [-0.2, -0.15) is 0 Å². The van der Waals surface area contributed by atoms with Crippen LogP contribution in [0, 0.1) is 6.92 Å². The maximum Gasteiger partial charge on any atom is 0.322 e. The first-order chi connectivity index (χ1) is 12.3. The second-order valence-corrected chi connectivity index (χ2v) is 8.98. The summed E-state index contributed by atoms with van der Waals surface area (Å²) in [5.41, 5.74) is 2.09. The number of sulfone groups is 1. The van der Waals surface area contributed by atoms with E-state index in [0.29, 0.717) is 11.4 Å². The highest BCUT2D eigenvalue weighted by atomic mass is 35.5. The number of unbranched alkanes of at least 4 members (excludes halogenated alkanes) is 2. The third-order valence-corrected chi connectivity index (χ3v) is 6.71. The predicted molar refractivity (Wildman–Crippen MR) is 103 cm³/mol. The molecule has 2 rings (SSSR count). The number of halogens is 1. The minimum atomic E-state index is -3.88. The number of aliphatic carboxylic acids is 1. The van der Waals surface area contributed by atoms with Crippen LogP contribution in [0.5, 0.6) is 0 Å². The minimum absolute atomic E-state index is 0.0664. The van der Waals surface area contributed by atoms with Crippen LogP contribution in [0.15, 0.2) is 53.4 Å². The molecule has 0 saturated carbocycles. The first-order valence-electron chi connectivity index (χ1n) is 8.58. The molecule has 6 heteroatoms. The van der Waals surface area contributed by atoms with Crippen molar-refractivity contribution in [2.45, 2.75) is 49.2 Å². The van der Waals surface area contributed by atoms with Gasteiger partial charge in [0.1, 0.15) is 0 Å². The van der Waals surface area contributed by atoms with E-state index in [9.17, 15) is 18.3 Å². The topological polar surface area (TPSA) is 71.4 Å². The Hall–Kier alpha value is -1.85. The molecule has 26 heavy (non-hydrogen) atoms. The van der Waals surface area contributed by atoms with Crippen LogP contribution in [0.25, 0.3) is 0 Å². The molecular formula is C20H23ClO4S. The van der Waals surface area contributed by atoms with Crippen LogP contribution in [0.3, 0.4) is 0 Å². The molecule has 2 aromatic carbocycles. The summed E-state index contributed by atoms with van der Waals surface area (Å²) in [6, 6.07) is 13.9. The van der Waals surface area contributed by atoms with Gasteiger partial charge in [0.15, 0.2) is 15.1 Å². The number of hydrogen-bond donors (Lipinski definition) is 1. The summed E-state index contributed by atoms with van der Waals surface area (Å²) >= 11 is 5.85. The molecule has 0 aliphatic heterocycles. The molecule has 0 saturated heterocycles. The third-order valence-electron chi connectivity index (χ3n) is 4.34. The van der Waals surface area contributed by atoms with Gasteiger partial charge in [-0.3, -0.25) is 4.79 Å². The molecule has 2 aromatic rings. The van der Waals surface area contributed by atoms with E-state index in [0.717, 1.165) is 30.4 Å². The summed E-state index contributed by atoms with van der Waals surface area (Å²) < 4.78 is 25.2. The van der Waals surface area contributed by atoms with Crippen molar-refractivity contribution in [3.8, 4) is 0 Å². The number of benzene rings is 2. The Morgan fingerprint density at radius 2 is 1.62 bits per heavy atom. The van der Waals surface area contributed by atoms with Crippen LogP contribution in [0.4, 0.5) is 0 Å². The number of carbonyl (C=O) groups is 1. The average molecular weight is 395 g/mol. The summed E-state index contributed by atoms with van der Waals surface area (Å²) in [6.07, 6.45) is 3.18. The van der Waals surface area contributed by atoms with Crippen LogP contribution in [0.1, 0.15) is 36.8 Å². The highest BCUT2D eigenvalue weighted by Crippen LogP contribution is 2.22. The van der Waals surface area contributed by atoms with Gasteiger partial charge in [0.05, 0.1) is 4.90 Å². The van der Waals surface area contributed by atoms with Gasteiger partial charge in [-0.1, -0.05) is 54.3 Å². The quantitative estimate of drug-likeness (QED) is 0.627. The molecule has 1 unspecified atom stereocenters. The molecule has 0 bridgehead atoms. The Morgan fingerprint density at radius 1 is 1.00 bits per heavy atom. The minimum Gasteiger partial charge on any atom is -0.480 e. The zero-order valence-corrected chi connectivity index (χ0v) is 16.3. The summed E-state index contributed by atoms with van der Waals surface area (Å²) in [6.45, 7) is 1.85. The van der Waals surface area contributed by atoms with E-state index in [1.165, 1.54) is 12.1 Å². The smallest absolute Gasteiger partial charge is 0.322 e. The maximum atomic E-state index is 12.6. The van der Waals surface area contributed by atoms with Crippen LogP contribution >= 0.6 is 11.6 Å². The molecule has 0 fully saturated rings. The first kappa shape index (κ1) is 20.5. The lowest BCUT2D eigenvalue weighted by molar-refractivity contribution is -0.136. The Kier molecular flexibility index (Phi) is 7.23. The third kappa shape index (κ3) is 5.58. The van der Waals surface area contributed by atoms with Crippen LogP contribution in [-0.2, 0) is 21.1 Å². The van der Waals surface area contributed by atoms with Crippen molar-refractivity contribution in [3.05, 3.63) is 64.7 Å². The molecule has 0 aromatic heterocycles. The molecule has 0 aliphatic rings. The molecule has 0 aliphatic carbocycles. The van der Waals surface area contributed by atoms with Crippen molar-refractivity contribution >= 4 is 27.4 Å². The van der Waals surface area contributed by atoms with Crippen molar-refractivity contribution in [1.29, 1.82) is 0 Å². The Morgan fingerprint density at radius 3 is 2.19 bits per heavy atom. The highest BCUT2D eigenvalue weighted by molar-refractivity contribution is 7.92. The molecule has 0 amide bonds. The summed E-state index contributed by atoms with van der Waals surface area (Å²) in [4.78, 5) is 11.6. The van der Waals surface area contributed by atoms with E-state index in [1.807, 2.05) is 31.2 Å². The van der Waals surface area contributed by atoms with Crippen molar-refractivity contribution in [2.75, 3.05) is 0 Å². The Labute approximate surface area is 159 Å². The molecule has 4 nitrogen and oxygen atoms in total. The van der Waals surface area contributed by atoms with E-state index in [-0.39, 0.29) is 11.3 Å². The number of carboxylic acid groups (broad SMARTS) is 1. The lowest BCUT2D eigenvalue weighted by atomic mass is 10.1. The lowest BCUT2D eigenvalue weighted by Crippen LogP contribution is -2.30. The fraction of sp³-hybridized carbons (Fsp3) is 0.350. The second-order valence-electron chi connectivity index (χ2n) is 6.41. The molecule has 1 N–H and O–H groups in total. The van der Waals surface area contributed by atoms with Gasteiger partial charge < -0.3 is 5.11 Å². The number of rotatable bonds is 9. The van der Waals surface area contributed by atoms with Crippen LogP contribution in [0.2, 0.25) is 5.02 Å². The lowest BCUT2D eigenvalue weighted by Gasteiger charge is -2.14. The molecule has 140 valence electrons. The summed E-state index contributed by atoms with van der Waals surface area (Å²) in [7, 11) is -3.88. The number of aryl methyl sites for hydroxylation is 2. The van der Waals surface area contributed by atoms with Gasteiger partial charge in [0.25, 0.3) is 0 Å². The van der Waals surface area contributed by atoms with Crippen molar-refractivity contribution in [2.24, 2.45) is 0 Å². The Balaban J connectivity index is 1.90. The van der Waals surface area contributed by atoms with E-state index < -0.39 is 21.1 Å². The highest BCUT2D eigenvalue weighted by Gasteiger charge is 2.33. The summed E-state index contributed by atoms with van der Waals surface area (Å²) in [5.74, 6) is -1.29. The van der Waals surface area contributed by atoms with Gasteiger partial charge in [0, 0.05) is 5.02 Å². The van der Waals surface area contributed by atoms with Crippen molar-refractivity contribution < 1.29 is 18.3 Å². The molecule has 0 heterocycles. The monoisotopic (exact) mass is 394 g/mol. The van der Waals surface area contributed by atoms with E-state index >= 15 is 0 Å². The van der Waals surface area contributed by atoms with Gasteiger partial charge in [0.2, 0.25) is 0 Å². The van der Waals surface area contributed by atoms with E-state index in [1.54, 1.807) is 12.1 Å². The maximum absolute atomic E-state index is 12.6. The van der Waals surface area contributed by atoms with E-state index in [4.69, 9.17) is 11.6 Å². The number of carboxylic acids is 1. The fourth-order valence-electron chi connectivity index (χ4n) is 2.79. The molecular weight excluding hydrogens is 372 g/mol. The zero-order chi connectivity index (χ0) is 19.2. The molecule has 0 spiro atoms. The Bertz CT molecular complexity index is 827. The number of hydrogen-bond acceptors (Lipinski definition) is 3. The van der Waals surface area contributed by atoms with Gasteiger partial charge in [-0.05, 0) is 56.0 Å². The zero-order valence-electron chi connectivity index (χ0n) is 14.7.